The molecule has 0 aliphatic heterocycles. The van der Waals surface area contributed by atoms with Gasteiger partial charge in [0.2, 0.25) is 0 Å². The standard InChI is InChI=1S/C25H25N5O2/c1-17-8-6-11-22(14-17)30-19(3)24(28-29-30)25(31)27-18(2)20-9-7-12-23(15-20)32-16-21-10-4-5-13-26-21/h4-15,18H,16H2,1-3H3,(H,27,31). The van der Waals surface area contributed by atoms with E-state index in [1.165, 1.54) is 0 Å². The Kier molecular flexibility index (Phi) is 6.26. The highest BCUT2D eigenvalue weighted by Crippen LogP contribution is 2.21. The summed E-state index contributed by atoms with van der Waals surface area (Å²) in [4.78, 5) is 17.2. The van der Waals surface area contributed by atoms with Gasteiger partial charge in [-0.05, 0) is 68.3 Å². The molecule has 7 heteroatoms. The third kappa shape index (κ3) is 4.83. The lowest BCUT2D eigenvalue weighted by Crippen LogP contribution is -2.27. The fourth-order valence-electron chi connectivity index (χ4n) is 3.41. The van der Waals surface area contributed by atoms with Crippen LogP contribution in [0.1, 0.15) is 46.0 Å². The Labute approximate surface area is 187 Å². The Hall–Kier alpha value is -4.00. The van der Waals surface area contributed by atoms with Crippen LogP contribution in [0.5, 0.6) is 5.75 Å². The van der Waals surface area contributed by atoms with E-state index in [4.69, 9.17) is 4.74 Å². The van der Waals surface area contributed by atoms with E-state index in [9.17, 15) is 4.79 Å². The van der Waals surface area contributed by atoms with E-state index < -0.39 is 0 Å². The van der Waals surface area contributed by atoms with Crippen molar-refractivity contribution in [1.29, 1.82) is 0 Å². The highest BCUT2D eigenvalue weighted by atomic mass is 16.5. The van der Waals surface area contributed by atoms with E-state index in [2.05, 4.69) is 20.6 Å². The molecule has 4 aromatic rings. The maximum atomic E-state index is 12.9. The number of benzene rings is 2. The Morgan fingerprint density at radius 3 is 2.69 bits per heavy atom. The molecule has 1 amide bonds. The van der Waals surface area contributed by atoms with Crippen LogP contribution in [-0.2, 0) is 6.61 Å². The number of aromatic nitrogens is 4. The van der Waals surface area contributed by atoms with Gasteiger partial charge in [-0.3, -0.25) is 9.78 Å². The third-order valence-corrected chi connectivity index (χ3v) is 5.17. The van der Waals surface area contributed by atoms with E-state index in [0.717, 1.165) is 28.3 Å². The van der Waals surface area contributed by atoms with Gasteiger partial charge in [-0.15, -0.1) is 5.10 Å². The number of amides is 1. The number of aryl methyl sites for hydroxylation is 1. The first-order valence-corrected chi connectivity index (χ1v) is 10.4. The Balaban J connectivity index is 1.44. The molecule has 2 aromatic heterocycles. The molecule has 0 fully saturated rings. The molecule has 0 saturated carbocycles. The number of nitrogens with one attached hydrogen (secondary N) is 1. The quantitative estimate of drug-likeness (QED) is 0.474. The van der Waals surface area contributed by atoms with Crippen molar-refractivity contribution in [2.24, 2.45) is 0 Å². The molecule has 1 N–H and O–H groups in total. The summed E-state index contributed by atoms with van der Waals surface area (Å²) in [5, 5.41) is 11.3. The average molecular weight is 428 g/mol. The lowest BCUT2D eigenvalue weighted by atomic mass is 10.1. The second kappa shape index (κ2) is 9.43. The summed E-state index contributed by atoms with van der Waals surface area (Å²) in [6.45, 7) is 6.16. The minimum absolute atomic E-state index is 0.232. The van der Waals surface area contributed by atoms with Crippen LogP contribution < -0.4 is 10.1 Å². The number of carbonyl (C=O) groups is 1. The van der Waals surface area contributed by atoms with Crippen molar-refractivity contribution in [2.45, 2.75) is 33.4 Å². The molecule has 32 heavy (non-hydrogen) atoms. The summed E-state index contributed by atoms with van der Waals surface area (Å²) < 4.78 is 7.53. The predicted molar refractivity (Wildman–Crippen MR) is 122 cm³/mol. The maximum absolute atomic E-state index is 12.9. The number of hydrogen-bond acceptors (Lipinski definition) is 5. The lowest BCUT2D eigenvalue weighted by Gasteiger charge is -2.15. The van der Waals surface area contributed by atoms with Crippen molar-refractivity contribution in [3.63, 3.8) is 0 Å². The van der Waals surface area contributed by atoms with Gasteiger partial charge >= 0.3 is 0 Å². The van der Waals surface area contributed by atoms with Gasteiger partial charge < -0.3 is 10.1 Å². The van der Waals surface area contributed by atoms with Gasteiger partial charge in [0.05, 0.1) is 23.1 Å². The molecule has 2 aromatic carbocycles. The van der Waals surface area contributed by atoms with Gasteiger partial charge in [-0.1, -0.05) is 35.5 Å². The van der Waals surface area contributed by atoms with Gasteiger partial charge in [0.25, 0.3) is 5.91 Å². The summed E-state index contributed by atoms with van der Waals surface area (Å²) >= 11 is 0. The number of carbonyl (C=O) groups excluding carboxylic acids is 1. The number of hydrogen-bond donors (Lipinski definition) is 1. The van der Waals surface area contributed by atoms with E-state index in [-0.39, 0.29) is 11.9 Å². The van der Waals surface area contributed by atoms with Gasteiger partial charge in [0, 0.05) is 6.20 Å². The first kappa shape index (κ1) is 21.2. The van der Waals surface area contributed by atoms with Crippen LogP contribution in [0.25, 0.3) is 5.69 Å². The zero-order valence-corrected chi connectivity index (χ0v) is 18.3. The predicted octanol–water partition coefficient (Wildman–Crippen LogP) is 4.35. The minimum atomic E-state index is -0.270. The summed E-state index contributed by atoms with van der Waals surface area (Å²) in [7, 11) is 0. The molecule has 2 heterocycles. The van der Waals surface area contributed by atoms with Crippen LogP contribution in [0.15, 0.2) is 72.9 Å². The maximum Gasteiger partial charge on any atom is 0.274 e. The molecule has 4 rings (SSSR count). The van der Waals surface area contributed by atoms with E-state index in [0.29, 0.717) is 18.0 Å². The number of rotatable bonds is 7. The fourth-order valence-corrected chi connectivity index (χ4v) is 3.41. The molecular formula is C25H25N5O2. The highest BCUT2D eigenvalue weighted by Gasteiger charge is 2.20. The first-order valence-electron chi connectivity index (χ1n) is 10.4. The molecule has 162 valence electrons. The smallest absolute Gasteiger partial charge is 0.274 e. The monoisotopic (exact) mass is 427 g/mol. The topological polar surface area (TPSA) is 81.9 Å². The van der Waals surface area contributed by atoms with Crippen LogP contribution >= 0.6 is 0 Å². The largest absolute Gasteiger partial charge is 0.487 e. The van der Waals surface area contributed by atoms with Crippen LogP contribution in [-0.4, -0.2) is 25.9 Å². The Morgan fingerprint density at radius 2 is 1.91 bits per heavy atom. The highest BCUT2D eigenvalue weighted by molar-refractivity contribution is 5.93. The summed E-state index contributed by atoms with van der Waals surface area (Å²) in [5.41, 5.74) is 4.77. The normalized spacial score (nSPS) is 11.7. The van der Waals surface area contributed by atoms with Gasteiger partial charge in [0.1, 0.15) is 12.4 Å². The summed E-state index contributed by atoms with van der Waals surface area (Å²) in [5.74, 6) is 0.449. The molecule has 0 saturated heterocycles. The zero-order chi connectivity index (χ0) is 22.5. The molecule has 0 aliphatic carbocycles. The average Bonchev–Trinajstić information content (AvgIpc) is 3.20. The fraction of sp³-hybridized carbons (Fsp3) is 0.200. The number of pyridine rings is 1. The van der Waals surface area contributed by atoms with Gasteiger partial charge in [-0.25, -0.2) is 4.68 Å². The molecule has 7 nitrogen and oxygen atoms in total. The molecule has 0 radical (unpaired) electrons. The molecule has 1 atom stereocenters. The summed E-state index contributed by atoms with van der Waals surface area (Å²) in [6.07, 6.45) is 1.74. The van der Waals surface area contributed by atoms with Crippen LogP contribution in [0.2, 0.25) is 0 Å². The third-order valence-electron chi connectivity index (χ3n) is 5.17. The molecular weight excluding hydrogens is 402 g/mol. The molecule has 0 spiro atoms. The van der Waals surface area contributed by atoms with Crippen LogP contribution in [0.3, 0.4) is 0 Å². The summed E-state index contributed by atoms with van der Waals surface area (Å²) in [6, 6.07) is 21.1. The van der Waals surface area contributed by atoms with Crippen molar-refractivity contribution < 1.29 is 9.53 Å². The van der Waals surface area contributed by atoms with Crippen molar-refractivity contribution in [2.75, 3.05) is 0 Å². The van der Waals surface area contributed by atoms with Crippen LogP contribution in [0, 0.1) is 13.8 Å². The van der Waals surface area contributed by atoms with Gasteiger partial charge in [0.15, 0.2) is 5.69 Å². The zero-order valence-electron chi connectivity index (χ0n) is 18.3. The van der Waals surface area contributed by atoms with Crippen LogP contribution in [0.4, 0.5) is 0 Å². The minimum Gasteiger partial charge on any atom is -0.487 e. The SMILES string of the molecule is Cc1cccc(-n2nnc(C(=O)NC(C)c3cccc(OCc4ccccn4)c3)c2C)c1. The molecule has 0 aliphatic rings. The molecule has 0 bridgehead atoms. The van der Waals surface area contributed by atoms with E-state index in [1.54, 1.807) is 10.9 Å². The van der Waals surface area contributed by atoms with Crippen molar-refractivity contribution in [3.8, 4) is 11.4 Å². The first-order chi connectivity index (χ1) is 15.5. The second-order valence-electron chi connectivity index (χ2n) is 7.65. The van der Waals surface area contributed by atoms with Crippen molar-refractivity contribution in [3.05, 3.63) is 101 Å². The van der Waals surface area contributed by atoms with Gasteiger partial charge in [-0.2, -0.15) is 0 Å². The molecule has 1 unspecified atom stereocenters. The Morgan fingerprint density at radius 1 is 1.06 bits per heavy atom. The Bertz CT molecular complexity index is 1220. The second-order valence-corrected chi connectivity index (χ2v) is 7.65. The van der Waals surface area contributed by atoms with Crippen molar-refractivity contribution >= 4 is 5.91 Å². The van der Waals surface area contributed by atoms with Crippen molar-refractivity contribution in [1.82, 2.24) is 25.3 Å². The van der Waals surface area contributed by atoms with E-state index >= 15 is 0 Å². The number of nitrogens with zero attached hydrogens (tertiary/aromatic N) is 4. The lowest BCUT2D eigenvalue weighted by molar-refractivity contribution is 0.0934. The van der Waals surface area contributed by atoms with E-state index in [1.807, 2.05) is 87.5 Å². The number of ether oxygens (including phenoxy) is 1.